The van der Waals surface area contributed by atoms with Crippen LogP contribution in [0.5, 0.6) is 5.75 Å². The third-order valence-corrected chi connectivity index (χ3v) is 6.72. The molecule has 31 heavy (non-hydrogen) atoms. The lowest BCUT2D eigenvalue weighted by Crippen LogP contribution is -2.36. The SMILES string of the molecule is CC(=O)c1cccc2c1OB(O)[C@@H](CC(=O)CC1CCC(NCCCCCO)CC1)C2. The molecule has 1 fully saturated rings. The maximum absolute atomic E-state index is 12.7. The van der Waals surface area contributed by atoms with Crippen molar-refractivity contribution in [3.05, 3.63) is 29.3 Å². The molecule has 0 unspecified atom stereocenters. The van der Waals surface area contributed by atoms with E-state index in [1.807, 2.05) is 12.1 Å². The van der Waals surface area contributed by atoms with Gasteiger partial charge in [-0.3, -0.25) is 9.59 Å². The van der Waals surface area contributed by atoms with Crippen molar-refractivity contribution < 1.29 is 24.4 Å². The summed E-state index contributed by atoms with van der Waals surface area (Å²) in [5.41, 5.74) is 1.38. The first-order valence-electron chi connectivity index (χ1n) is 11.8. The van der Waals surface area contributed by atoms with E-state index in [0.717, 1.165) is 57.1 Å². The molecule has 0 amide bonds. The number of unbranched alkanes of at least 4 members (excludes halogenated alkanes) is 2. The lowest BCUT2D eigenvalue weighted by atomic mass is 9.64. The first-order chi connectivity index (χ1) is 15.0. The Morgan fingerprint density at radius 2 is 1.90 bits per heavy atom. The van der Waals surface area contributed by atoms with Gasteiger partial charge in [0.25, 0.3) is 0 Å². The molecule has 1 aromatic carbocycles. The number of nitrogens with one attached hydrogen (secondary N) is 1. The first kappa shape index (κ1) is 24.0. The second-order valence-corrected chi connectivity index (χ2v) is 9.23. The number of aliphatic hydroxyl groups excluding tert-OH is 1. The molecule has 0 aromatic heterocycles. The second-order valence-electron chi connectivity index (χ2n) is 9.23. The van der Waals surface area contributed by atoms with Crippen LogP contribution in [0.3, 0.4) is 0 Å². The van der Waals surface area contributed by atoms with Gasteiger partial charge >= 0.3 is 7.12 Å². The van der Waals surface area contributed by atoms with Crippen LogP contribution in [-0.4, -0.2) is 48.0 Å². The van der Waals surface area contributed by atoms with E-state index in [1.54, 1.807) is 6.07 Å². The van der Waals surface area contributed by atoms with Gasteiger partial charge in [0.2, 0.25) is 0 Å². The molecule has 3 N–H and O–H groups in total. The summed E-state index contributed by atoms with van der Waals surface area (Å²) in [4.78, 5) is 24.5. The quantitative estimate of drug-likeness (QED) is 0.284. The molecule has 170 valence electrons. The lowest BCUT2D eigenvalue weighted by molar-refractivity contribution is -0.120. The van der Waals surface area contributed by atoms with E-state index in [9.17, 15) is 14.6 Å². The normalized spacial score (nSPS) is 23.2. The zero-order valence-electron chi connectivity index (χ0n) is 18.6. The van der Waals surface area contributed by atoms with E-state index < -0.39 is 7.12 Å². The molecule has 1 atom stereocenters. The highest BCUT2D eigenvalue weighted by atomic mass is 16.5. The fraction of sp³-hybridized carbons (Fsp3) is 0.667. The minimum absolute atomic E-state index is 0.0890. The highest BCUT2D eigenvalue weighted by molar-refractivity contribution is 6.47. The number of benzene rings is 1. The standard InChI is InChI=1S/C24H36BNO5/c1-17(28)23-7-5-6-19-15-20(25(30)31-24(19)23)16-22(29)14-18-8-10-21(11-9-18)26-12-3-2-4-13-27/h5-7,18,20-21,26-27,30H,2-4,8-16H2,1H3/t18?,20-,21?/m1/s1. The molecule has 1 saturated carbocycles. The molecule has 3 rings (SSSR count). The van der Waals surface area contributed by atoms with Crippen LogP contribution in [0.15, 0.2) is 18.2 Å². The summed E-state index contributed by atoms with van der Waals surface area (Å²) in [7, 11) is -1.05. The van der Waals surface area contributed by atoms with Gasteiger partial charge in [0, 0.05) is 31.3 Å². The number of ketones is 2. The van der Waals surface area contributed by atoms with Gasteiger partial charge in [0.15, 0.2) is 5.78 Å². The van der Waals surface area contributed by atoms with E-state index in [0.29, 0.717) is 42.5 Å². The third kappa shape index (κ3) is 6.89. The topological polar surface area (TPSA) is 95.9 Å². The van der Waals surface area contributed by atoms with Gasteiger partial charge < -0.3 is 20.1 Å². The molecule has 1 heterocycles. The third-order valence-electron chi connectivity index (χ3n) is 6.72. The van der Waals surface area contributed by atoms with Crippen LogP contribution >= 0.6 is 0 Å². The van der Waals surface area contributed by atoms with Gasteiger partial charge in [0.1, 0.15) is 11.5 Å². The second kappa shape index (κ2) is 11.8. The number of hydrogen-bond donors (Lipinski definition) is 3. The Hall–Kier alpha value is -1.70. The number of carbonyl (C=O) groups excluding carboxylic acids is 2. The van der Waals surface area contributed by atoms with Crippen LogP contribution in [0.2, 0.25) is 5.82 Å². The molecule has 7 heteroatoms. The molecule has 0 saturated heterocycles. The number of Topliss-reactive ketones (excluding diaryl/α,β-unsaturated/α-hetero) is 2. The van der Waals surface area contributed by atoms with Crippen molar-refractivity contribution in [2.75, 3.05) is 13.2 Å². The maximum atomic E-state index is 12.7. The number of para-hydroxylation sites is 1. The van der Waals surface area contributed by atoms with E-state index in [-0.39, 0.29) is 24.0 Å². The lowest BCUT2D eigenvalue weighted by Gasteiger charge is -2.30. The number of aliphatic hydroxyl groups is 1. The average Bonchev–Trinajstić information content (AvgIpc) is 2.74. The number of fused-ring (bicyclic) bond motifs is 1. The van der Waals surface area contributed by atoms with Gasteiger partial charge in [0.05, 0.1) is 5.56 Å². The van der Waals surface area contributed by atoms with Crippen LogP contribution < -0.4 is 9.97 Å². The van der Waals surface area contributed by atoms with Crippen LogP contribution in [0.1, 0.15) is 80.6 Å². The number of rotatable bonds is 11. The predicted octanol–water partition coefficient (Wildman–Crippen LogP) is 3.34. The predicted molar refractivity (Wildman–Crippen MR) is 121 cm³/mol. The summed E-state index contributed by atoms with van der Waals surface area (Å²) in [6.07, 6.45) is 8.82. The maximum Gasteiger partial charge on any atom is 0.526 e. The van der Waals surface area contributed by atoms with Gasteiger partial charge in [-0.15, -0.1) is 0 Å². The van der Waals surface area contributed by atoms with Crippen molar-refractivity contribution in [3.63, 3.8) is 0 Å². The van der Waals surface area contributed by atoms with Gasteiger partial charge in [-0.2, -0.15) is 0 Å². The molecule has 0 radical (unpaired) electrons. The Morgan fingerprint density at radius 3 is 2.61 bits per heavy atom. The summed E-state index contributed by atoms with van der Waals surface area (Å²) in [6, 6.07) is 5.98. The van der Waals surface area contributed by atoms with Gasteiger partial charge in [-0.05, 0) is 82.4 Å². The Kier molecular flexibility index (Phi) is 9.11. The fourth-order valence-electron chi connectivity index (χ4n) is 4.92. The van der Waals surface area contributed by atoms with Crippen molar-refractivity contribution in [2.24, 2.45) is 5.92 Å². The molecule has 1 aliphatic heterocycles. The van der Waals surface area contributed by atoms with E-state index in [2.05, 4.69) is 5.32 Å². The number of hydrogen-bond acceptors (Lipinski definition) is 6. The molecular weight excluding hydrogens is 393 g/mol. The van der Waals surface area contributed by atoms with Crippen LogP contribution in [0.25, 0.3) is 0 Å². The van der Waals surface area contributed by atoms with Crippen molar-refractivity contribution in [2.45, 2.75) is 83.0 Å². The van der Waals surface area contributed by atoms with Crippen molar-refractivity contribution in [3.8, 4) is 5.75 Å². The zero-order chi connectivity index (χ0) is 22.2. The van der Waals surface area contributed by atoms with Gasteiger partial charge in [-0.25, -0.2) is 0 Å². The summed E-state index contributed by atoms with van der Waals surface area (Å²) in [5, 5.41) is 22.9. The van der Waals surface area contributed by atoms with Gasteiger partial charge in [-0.1, -0.05) is 12.1 Å². The number of carbonyl (C=O) groups is 2. The van der Waals surface area contributed by atoms with E-state index in [4.69, 9.17) is 9.76 Å². The molecular formula is C24H36BNO5. The van der Waals surface area contributed by atoms with Crippen molar-refractivity contribution in [1.82, 2.24) is 5.32 Å². The largest absolute Gasteiger partial charge is 0.535 e. The van der Waals surface area contributed by atoms with Crippen molar-refractivity contribution in [1.29, 1.82) is 0 Å². The first-order valence-corrected chi connectivity index (χ1v) is 11.8. The summed E-state index contributed by atoms with van der Waals surface area (Å²) >= 11 is 0. The minimum atomic E-state index is -1.05. The summed E-state index contributed by atoms with van der Waals surface area (Å²) in [6.45, 7) is 2.76. The Morgan fingerprint density at radius 1 is 1.13 bits per heavy atom. The molecule has 1 aliphatic carbocycles. The van der Waals surface area contributed by atoms with Crippen LogP contribution in [0, 0.1) is 5.92 Å². The van der Waals surface area contributed by atoms with Crippen molar-refractivity contribution >= 4 is 18.7 Å². The minimum Gasteiger partial charge on any atom is -0.535 e. The van der Waals surface area contributed by atoms with Crippen LogP contribution in [-0.2, 0) is 11.2 Å². The summed E-state index contributed by atoms with van der Waals surface area (Å²) in [5.74, 6) is 0.735. The Bertz CT molecular complexity index is 747. The zero-order valence-corrected chi connectivity index (χ0v) is 18.6. The van der Waals surface area contributed by atoms with Crippen LogP contribution in [0.4, 0.5) is 0 Å². The molecule has 0 bridgehead atoms. The monoisotopic (exact) mass is 429 g/mol. The molecule has 2 aliphatic rings. The fourth-order valence-corrected chi connectivity index (χ4v) is 4.92. The van der Waals surface area contributed by atoms with E-state index >= 15 is 0 Å². The Balaban J connectivity index is 1.41. The van der Waals surface area contributed by atoms with E-state index in [1.165, 1.54) is 6.92 Å². The summed E-state index contributed by atoms with van der Waals surface area (Å²) < 4.78 is 5.66. The molecule has 1 aromatic rings. The highest BCUT2D eigenvalue weighted by Gasteiger charge is 2.37. The smallest absolute Gasteiger partial charge is 0.526 e. The Labute approximate surface area is 185 Å². The molecule has 0 spiro atoms. The molecule has 6 nitrogen and oxygen atoms in total. The average molecular weight is 429 g/mol. The highest BCUT2D eigenvalue weighted by Crippen LogP contribution is 2.37.